The van der Waals surface area contributed by atoms with E-state index in [1.165, 1.54) is 7.11 Å². The van der Waals surface area contributed by atoms with E-state index in [2.05, 4.69) is 9.97 Å². The molecule has 1 fully saturated rings. The SMILES string of the molecule is COC(=O)C1Cc2ccccc2CN1C(=O)c1cc2[nH]c(=O)c3cnc(C4CCOCC4)n3c2cc1C. The van der Waals surface area contributed by atoms with E-state index in [0.717, 1.165) is 40.9 Å². The Hall–Kier alpha value is -3.98. The molecule has 0 aliphatic carbocycles. The summed E-state index contributed by atoms with van der Waals surface area (Å²) in [4.78, 5) is 48.7. The van der Waals surface area contributed by atoms with Crippen molar-refractivity contribution < 1.29 is 19.1 Å². The zero-order valence-electron chi connectivity index (χ0n) is 20.8. The number of aryl methyl sites for hydroxylation is 1. The Bertz CT molecular complexity index is 1600. The maximum Gasteiger partial charge on any atom is 0.328 e. The van der Waals surface area contributed by atoms with Gasteiger partial charge in [-0.2, -0.15) is 0 Å². The normalized spacial score (nSPS) is 18.2. The second-order valence-corrected chi connectivity index (χ2v) is 9.81. The number of fused-ring (bicyclic) bond motifs is 4. The largest absolute Gasteiger partial charge is 0.467 e. The number of ether oxygens (including phenoxy) is 2. The monoisotopic (exact) mass is 500 g/mol. The third-order valence-electron chi connectivity index (χ3n) is 7.65. The van der Waals surface area contributed by atoms with Gasteiger partial charge in [0, 0.05) is 37.7 Å². The fourth-order valence-corrected chi connectivity index (χ4v) is 5.66. The van der Waals surface area contributed by atoms with Crippen LogP contribution in [0.2, 0.25) is 0 Å². The molecule has 190 valence electrons. The molecule has 4 aromatic rings. The summed E-state index contributed by atoms with van der Waals surface area (Å²) < 4.78 is 12.5. The summed E-state index contributed by atoms with van der Waals surface area (Å²) in [7, 11) is 1.34. The van der Waals surface area contributed by atoms with Gasteiger partial charge in [-0.1, -0.05) is 24.3 Å². The molecule has 0 radical (unpaired) electrons. The van der Waals surface area contributed by atoms with Gasteiger partial charge in [-0.3, -0.25) is 14.0 Å². The Morgan fingerprint density at radius 1 is 1.11 bits per heavy atom. The second kappa shape index (κ2) is 9.15. The molecule has 0 saturated carbocycles. The quantitative estimate of drug-likeness (QED) is 0.434. The van der Waals surface area contributed by atoms with Gasteiger partial charge in [0.05, 0.1) is 24.3 Å². The highest BCUT2D eigenvalue weighted by molar-refractivity contribution is 6.01. The van der Waals surface area contributed by atoms with Gasteiger partial charge in [-0.05, 0) is 48.6 Å². The highest BCUT2D eigenvalue weighted by Gasteiger charge is 2.36. The van der Waals surface area contributed by atoms with Crippen molar-refractivity contribution in [1.82, 2.24) is 19.3 Å². The number of carbonyl (C=O) groups is 2. The molecule has 2 aliphatic heterocycles. The van der Waals surface area contributed by atoms with Crippen LogP contribution in [0.1, 0.15) is 51.6 Å². The number of nitrogens with one attached hydrogen (secondary N) is 1. The Kier molecular flexibility index (Phi) is 5.79. The Morgan fingerprint density at radius 3 is 2.62 bits per heavy atom. The zero-order valence-corrected chi connectivity index (χ0v) is 20.8. The van der Waals surface area contributed by atoms with E-state index in [1.54, 1.807) is 17.2 Å². The topological polar surface area (TPSA) is 106 Å². The number of aromatic amines is 1. The fourth-order valence-electron chi connectivity index (χ4n) is 5.66. The van der Waals surface area contributed by atoms with Crippen LogP contribution in [0.15, 0.2) is 47.4 Å². The predicted molar refractivity (Wildman–Crippen MR) is 137 cm³/mol. The van der Waals surface area contributed by atoms with Crippen LogP contribution in [0.5, 0.6) is 0 Å². The molecule has 0 spiro atoms. The van der Waals surface area contributed by atoms with Crippen molar-refractivity contribution in [2.75, 3.05) is 20.3 Å². The minimum atomic E-state index is -0.724. The molecule has 4 heterocycles. The summed E-state index contributed by atoms with van der Waals surface area (Å²) in [6.45, 7) is 3.51. The van der Waals surface area contributed by atoms with Crippen molar-refractivity contribution in [2.45, 2.75) is 44.7 Å². The van der Waals surface area contributed by atoms with E-state index < -0.39 is 12.0 Å². The first-order chi connectivity index (χ1) is 18.0. The average molecular weight is 501 g/mol. The van der Waals surface area contributed by atoms with E-state index in [0.29, 0.717) is 42.8 Å². The van der Waals surface area contributed by atoms with Crippen molar-refractivity contribution in [3.63, 3.8) is 0 Å². The third kappa shape index (κ3) is 3.90. The van der Waals surface area contributed by atoms with E-state index in [-0.39, 0.29) is 17.4 Å². The van der Waals surface area contributed by atoms with Crippen molar-refractivity contribution in [3.8, 4) is 0 Å². The van der Waals surface area contributed by atoms with Crippen LogP contribution in [0.25, 0.3) is 16.6 Å². The number of esters is 1. The number of benzene rings is 2. The summed E-state index contributed by atoms with van der Waals surface area (Å²) >= 11 is 0. The molecule has 2 aliphatic rings. The van der Waals surface area contributed by atoms with Gasteiger partial charge in [0.25, 0.3) is 11.5 Å². The van der Waals surface area contributed by atoms with Gasteiger partial charge >= 0.3 is 5.97 Å². The maximum absolute atomic E-state index is 13.9. The summed E-state index contributed by atoms with van der Waals surface area (Å²) in [5.41, 5.74) is 4.77. The van der Waals surface area contributed by atoms with Gasteiger partial charge < -0.3 is 19.4 Å². The molecule has 1 unspecified atom stereocenters. The number of carbonyl (C=O) groups excluding carboxylic acids is 2. The van der Waals surface area contributed by atoms with Crippen LogP contribution in [0.4, 0.5) is 0 Å². The number of rotatable bonds is 3. The first kappa shape index (κ1) is 23.4. The van der Waals surface area contributed by atoms with Crippen LogP contribution < -0.4 is 5.56 Å². The second-order valence-electron chi connectivity index (χ2n) is 9.81. The molecular weight excluding hydrogens is 472 g/mol. The van der Waals surface area contributed by atoms with Gasteiger partial charge in [-0.25, -0.2) is 9.78 Å². The molecule has 37 heavy (non-hydrogen) atoms. The van der Waals surface area contributed by atoms with Gasteiger partial charge in [0.1, 0.15) is 17.4 Å². The lowest BCUT2D eigenvalue weighted by molar-refractivity contribution is -0.146. The van der Waals surface area contributed by atoms with E-state index >= 15 is 0 Å². The molecule has 6 rings (SSSR count). The van der Waals surface area contributed by atoms with Crippen molar-refractivity contribution in [1.29, 1.82) is 0 Å². The van der Waals surface area contributed by atoms with Crippen molar-refractivity contribution in [3.05, 3.63) is 81.0 Å². The van der Waals surface area contributed by atoms with Crippen LogP contribution >= 0.6 is 0 Å². The number of hydrogen-bond donors (Lipinski definition) is 1. The summed E-state index contributed by atoms with van der Waals surface area (Å²) in [6, 6.07) is 10.7. The van der Waals surface area contributed by atoms with Crippen LogP contribution in [0.3, 0.4) is 0 Å². The van der Waals surface area contributed by atoms with Crippen LogP contribution in [-0.2, 0) is 27.2 Å². The first-order valence-electron chi connectivity index (χ1n) is 12.5. The molecule has 9 heteroatoms. The molecule has 2 aromatic heterocycles. The molecule has 9 nitrogen and oxygen atoms in total. The van der Waals surface area contributed by atoms with Gasteiger partial charge in [0.15, 0.2) is 0 Å². The number of nitrogens with zero attached hydrogens (tertiary/aromatic N) is 3. The van der Waals surface area contributed by atoms with Crippen molar-refractivity contribution in [2.24, 2.45) is 0 Å². The van der Waals surface area contributed by atoms with Crippen LogP contribution in [0, 0.1) is 6.92 Å². The summed E-state index contributed by atoms with van der Waals surface area (Å²) in [5, 5.41) is 0. The molecule has 1 saturated heterocycles. The lowest BCUT2D eigenvalue weighted by Crippen LogP contribution is -2.49. The Morgan fingerprint density at radius 2 is 1.86 bits per heavy atom. The number of amides is 1. The highest BCUT2D eigenvalue weighted by Crippen LogP contribution is 2.30. The summed E-state index contributed by atoms with van der Waals surface area (Å²) in [5.74, 6) is 0.305. The molecule has 2 aromatic carbocycles. The van der Waals surface area contributed by atoms with E-state index in [9.17, 15) is 14.4 Å². The standard InChI is InChI=1S/C28H28N4O5/c1-16-11-22-21(30-26(33)24-14-29-25(32(22)24)17-7-9-37-10-8-17)13-20(16)27(34)31-15-19-6-4-3-5-18(19)12-23(31)28(35)36-2/h3-6,11,13-14,17,23H,7-10,12,15H2,1-2H3,(H,30,33). The molecular formula is C28H28N4O5. The molecule has 1 amide bonds. The minimum Gasteiger partial charge on any atom is -0.467 e. The number of hydrogen-bond acceptors (Lipinski definition) is 6. The molecule has 0 bridgehead atoms. The number of methoxy groups -OCH3 is 1. The summed E-state index contributed by atoms with van der Waals surface area (Å²) in [6.07, 6.45) is 3.69. The minimum absolute atomic E-state index is 0.192. The number of aromatic nitrogens is 3. The molecule has 1 N–H and O–H groups in total. The van der Waals surface area contributed by atoms with E-state index in [1.807, 2.05) is 41.7 Å². The maximum atomic E-state index is 13.9. The fraction of sp³-hybridized carbons (Fsp3) is 0.357. The van der Waals surface area contributed by atoms with Crippen LogP contribution in [-0.4, -0.2) is 57.5 Å². The van der Waals surface area contributed by atoms with Gasteiger partial charge in [0.2, 0.25) is 0 Å². The highest BCUT2D eigenvalue weighted by atomic mass is 16.5. The smallest absolute Gasteiger partial charge is 0.328 e. The van der Waals surface area contributed by atoms with Gasteiger partial charge in [-0.15, -0.1) is 0 Å². The Labute approximate surface area is 213 Å². The lowest BCUT2D eigenvalue weighted by atomic mass is 9.92. The van der Waals surface area contributed by atoms with Crippen molar-refractivity contribution >= 4 is 28.4 Å². The molecule has 1 atom stereocenters. The number of imidazole rings is 1. The Balaban J connectivity index is 1.46. The average Bonchev–Trinajstić information content (AvgIpc) is 3.38. The predicted octanol–water partition coefficient (Wildman–Crippen LogP) is 3.12. The third-order valence-corrected chi connectivity index (χ3v) is 7.65. The zero-order chi connectivity index (χ0) is 25.7. The lowest BCUT2D eigenvalue weighted by Gasteiger charge is -2.35. The first-order valence-corrected chi connectivity index (χ1v) is 12.5. The van der Waals surface area contributed by atoms with E-state index in [4.69, 9.17) is 9.47 Å². The number of H-pyrrole nitrogens is 1.